The number of hydrogen-bond donors (Lipinski definition) is 2. The Hall–Kier alpha value is -2.47. The molecular formula is C15H15N3O2S. The minimum Gasteiger partial charge on any atom is -0.317 e. The quantitative estimate of drug-likeness (QED) is 0.519. The third-order valence-electron chi connectivity index (χ3n) is 2.74. The van der Waals surface area contributed by atoms with Gasteiger partial charge >= 0.3 is 11.8 Å². The van der Waals surface area contributed by atoms with Crippen molar-refractivity contribution in [1.82, 2.24) is 5.43 Å². The Balaban J connectivity index is 1.92. The van der Waals surface area contributed by atoms with Crippen LogP contribution < -0.4 is 10.7 Å². The Kier molecular flexibility index (Phi) is 4.84. The van der Waals surface area contributed by atoms with E-state index in [1.54, 1.807) is 6.07 Å². The Bertz CT molecular complexity index is 678. The molecule has 2 N–H and O–H groups in total. The maximum absolute atomic E-state index is 11.7. The summed E-state index contributed by atoms with van der Waals surface area (Å²) in [6.45, 7) is 3.83. The molecule has 2 amide bonds. The van der Waals surface area contributed by atoms with Gasteiger partial charge in [-0.05, 0) is 36.9 Å². The molecule has 0 spiro atoms. The fraction of sp³-hybridized carbons (Fsp3) is 0.133. The van der Waals surface area contributed by atoms with Crippen molar-refractivity contribution in [2.75, 3.05) is 5.32 Å². The molecule has 0 atom stereocenters. The zero-order valence-electron chi connectivity index (χ0n) is 11.7. The molecule has 108 valence electrons. The number of aryl methyl sites for hydroxylation is 2. The Morgan fingerprint density at radius 2 is 2.00 bits per heavy atom. The van der Waals surface area contributed by atoms with E-state index < -0.39 is 11.8 Å². The first-order valence-corrected chi connectivity index (χ1v) is 7.19. The van der Waals surface area contributed by atoms with E-state index in [2.05, 4.69) is 15.8 Å². The lowest BCUT2D eigenvalue weighted by molar-refractivity contribution is -0.136. The molecular weight excluding hydrogens is 286 g/mol. The molecule has 1 aromatic heterocycles. The van der Waals surface area contributed by atoms with Gasteiger partial charge in [0.1, 0.15) is 0 Å². The molecule has 0 bridgehead atoms. The molecule has 5 nitrogen and oxygen atoms in total. The van der Waals surface area contributed by atoms with Crippen LogP contribution in [-0.2, 0) is 9.59 Å². The monoisotopic (exact) mass is 301 g/mol. The van der Waals surface area contributed by atoms with E-state index in [1.807, 2.05) is 43.5 Å². The maximum Gasteiger partial charge on any atom is 0.329 e. The molecule has 1 heterocycles. The van der Waals surface area contributed by atoms with Crippen molar-refractivity contribution < 1.29 is 9.59 Å². The lowest BCUT2D eigenvalue weighted by Gasteiger charge is -2.07. The van der Waals surface area contributed by atoms with Gasteiger partial charge in [0.15, 0.2) is 0 Å². The standard InChI is InChI=1S/C15H15N3O2S/c1-10-5-6-13(11(2)8-10)17-14(19)15(20)18-16-9-12-4-3-7-21-12/h3-9H,1-2H3,(H,17,19)(H,18,20). The number of carbonyl (C=O) groups is 2. The van der Waals surface area contributed by atoms with Crippen LogP contribution in [0.25, 0.3) is 0 Å². The summed E-state index contributed by atoms with van der Waals surface area (Å²) >= 11 is 1.49. The number of nitrogens with zero attached hydrogens (tertiary/aromatic N) is 1. The molecule has 0 aliphatic rings. The van der Waals surface area contributed by atoms with E-state index in [4.69, 9.17) is 0 Å². The molecule has 0 saturated carbocycles. The summed E-state index contributed by atoms with van der Waals surface area (Å²) in [6, 6.07) is 9.31. The molecule has 0 aliphatic carbocycles. The van der Waals surface area contributed by atoms with Crippen LogP contribution >= 0.6 is 11.3 Å². The van der Waals surface area contributed by atoms with Crippen molar-refractivity contribution in [3.05, 3.63) is 51.7 Å². The number of hydrogen-bond acceptors (Lipinski definition) is 4. The highest BCUT2D eigenvalue weighted by atomic mass is 32.1. The molecule has 0 fully saturated rings. The first-order valence-electron chi connectivity index (χ1n) is 6.31. The minimum atomic E-state index is -0.803. The van der Waals surface area contributed by atoms with Gasteiger partial charge in [-0.3, -0.25) is 9.59 Å². The van der Waals surface area contributed by atoms with Gasteiger partial charge in [0.25, 0.3) is 0 Å². The van der Waals surface area contributed by atoms with Crippen LogP contribution in [0.1, 0.15) is 16.0 Å². The number of carbonyl (C=O) groups excluding carboxylic acids is 2. The molecule has 0 saturated heterocycles. The summed E-state index contributed by atoms with van der Waals surface area (Å²) in [6.07, 6.45) is 1.49. The second-order valence-electron chi connectivity index (χ2n) is 4.49. The number of anilines is 1. The van der Waals surface area contributed by atoms with E-state index >= 15 is 0 Å². The number of amides is 2. The summed E-state index contributed by atoms with van der Waals surface area (Å²) in [5.74, 6) is -1.55. The van der Waals surface area contributed by atoms with Crippen LogP contribution in [0.5, 0.6) is 0 Å². The van der Waals surface area contributed by atoms with Crippen LogP contribution in [0.4, 0.5) is 5.69 Å². The third kappa shape index (κ3) is 4.25. The van der Waals surface area contributed by atoms with Crippen LogP contribution in [0.2, 0.25) is 0 Å². The van der Waals surface area contributed by atoms with E-state index in [1.165, 1.54) is 17.6 Å². The average Bonchev–Trinajstić information content (AvgIpc) is 2.95. The van der Waals surface area contributed by atoms with Crippen LogP contribution in [0.3, 0.4) is 0 Å². The second-order valence-corrected chi connectivity index (χ2v) is 5.47. The fourth-order valence-electron chi connectivity index (χ4n) is 1.70. The number of hydrazone groups is 1. The Labute approximate surface area is 126 Å². The smallest absolute Gasteiger partial charge is 0.317 e. The van der Waals surface area contributed by atoms with E-state index in [9.17, 15) is 9.59 Å². The highest BCUT2D eigenvalue weighted by Crippen LogP contribution is 2.15. The summed E-state index contributed by atoms with van der Waals surface area (Å²) in [5, 5.41) is 8.20. The number of rotatable bonds is 3. The van der Waals surface area contributed by atoms with Crippen molar-refractivity contribution in [3.63, 3.8) is 0 Å². The van der Waals surface area contributed by atoms with Gasteiger partial charge < -0.3 is 5.32 Å². The van der Waals surface area contributed by atoms with Gasteiger partial charge in [0.05, 0.1) is 6.21 Å². The second kappa shape index (κ2) is 6.81. The zero-order chi connectivity index (χ0) is 15.2. The lowest BCUT2D eigenvalue weighted by Crippen LogP contribution is -2.32. The van der Waals surface area contributed by atoms with Gasteiger partial charge in [-0.2, -0.15) is 5.10 Å². The third-order valence-corrected chi connectivity index (χ3v) is 3.54. The molecule has 2 rings (SSSR count). The van der Waals surface area contributed by atoms with Gasteiger partial charge in [0, 0.05) is 10.6 Å². The molecule has 0 aliphatic heterocycles. The highest BCUT2D eigenvalue weighted by Gasteiger charge is 2.13. The summed E-state index contributed by atoms with van der Waals surface area (Å²) in [5.41, 5.74) is 4.81. The minimum absolute atomic E-state index is 0.614. The van der Waals surface area contributed by atoms with Crippen molar-refractivity contribution >= 4 is 35.1 Å². The van der Waals surface area contributed by atoms with Crippen molar-refractivity contribution in [1.29, 1.82) is 0 Å². The predicted octanol–water partition coefficient (Wildman–Crippen LogP) is 2.45. The average molecular weight is 301 g/mol. The normalized spacial score (nSPS) is 10.6. The van der Waals surface area contributed by atoms with E-state index in [0.717, 1.165) is 16.0 Å². The molecule has 0 radical (unpaired) electrons. The summed E-state index contributed by atoms with van der Waals surface area (Å²) in [4.78, 5) is 24.3. The zero-order valence-corrected chi connectivity index (χ0v) is 12.5. The van der Waals surface area contributed by atoms with Crippen LogP contribution in [0, 0.1) is 13.8 Å². The SMILES string of the molecule is Cc1ccc(NC(=O)C(=O)NN=Cc2cccs2)c(C)c1. The molecule has 1 aromatic carbocycles. The Morgan fingerprint density at radius 1 is 1.19 bits per heavy atom. The molecule has 0 unspecified atom stereocenters. The topological polar surface area (TPSA) is 70.6 Å². The summed E-state index contributed by atoms with van der Waals surface area (Å²) < 4.78 is 0. The fourth-order valence-corrected chi connectivity index (χ4v) is 2.29. The number of benzene rings is 1. The predicted molar refractivity (Wildman–Crippen MR) is 84.6 cm³/mol. The maximum atomic E-state index is 11.7. The van der Waals surface area contributed by atoms with E-state index in [0.29, 0.717) is 5.69 Å². The molecule has 21 heavy (non-hydrogen) atoms. The van der Waals surface area contributed by atoms with Crippen molar-refractivity contribution in [3.8, 4) is 0 Å². The van der Waals surface area contributed by atoms with Gasteiger partial charge in [0.2, 0.25) is 0 Å². The lowest BCUT2D eigenvalue weighted by atomic mass is 10.1. The molecule has 6 heteroatoms. The van der Waals surface area contributed by atoms with Crippen molar-refractivity contribution in [2.24, 2.45) is 5.10 Å². The van der Waals surface area contributed by atoms with Gasteiger partial charge in [-0.1, -0.05) is 23.8 Å². The largest absolute Gasteiger partial charge is 0.329 e. The first-order chi connectivity index (χ1) is 10.1. The Morgan fingerprint density at radius 3 is 2.67 bits per heavy atom. The van der Waals surface area contributed by atoms with Crippen LogP contribution in [-0.4, -0.2) is 18.0 Å². The first kappa shape index (κ1) is 14.9. The number of nitrogens with one attached hydrogen (secondary N) is 2. The summed E-state index contributed by atoms with van der Waals surface area (Å²) in [7, 11) is 0. The van der Waals surface area contributed by atoms with Gasteiger partial charge in [-0.25, -0.2) is 5.43 Å². The van der Waals surface area contributed by atoms with E-state index in [-0.39, 0.29) is 0 Å². The van der Waals surface area contributed by atoms with Gasteiger partial charge in [-0.15, -0.1) is 11.3 Å². The number of thiophene rings is 1. The molecule has 2 aromatic rings. The van der Waals surface area contributed by atoms with Crippen molar-refractivity contribution in [2.45, 2.75) is 13.8 Å². The highest BCUT2D eigenvalue weighted by molar-refractivity contribution is 7.11. The van der Waals surface area contributed by atoms with Crippen LogP contribution in [0.15, 0.2) is 40.8 Å².